The average molecular weight is 468 g/mol. The first-order chi connectivity index (χ1) is 15.8. The molecule has 1 aliphatic rings. The molecule has 4 rings (SSSR count). The molecule has 1 saturated carbocycles. The first-order valence-corrected chi connectivity index (χ1v) is 13.1. The lowest BCUT2D eigenvalue weighted by Gasteiger charge is -2.34. The molecular formula is C25H29N3O4S. The largest absolute Gasteiger partial charge is 0.489 e. The standard InChI is InChI=1S/C25H29N3O4S/c1-3-18-12-20(13-18)14-26-25(29)28-15-24(27-17-28)21-6-8-22(9-7-21)32-16-19-4-10-23(11-5-19)33(2,30)31/h4-11,15,17-18,20H,3,12-14,16H2,1-2H3,(H,26,29). The Balaban J connectivity index is 1.29. The lowest BCUT2D eigenvalue weighted by molar-refractivity contribution is 0.181. The van der Waals surface area contributed by atoms with Gasteiger partial charge in [0.25, 0.3) is 0 Å². The molecule has 1 heterocycles. The van der Waals surface area contributed by atoms with Crippen molar-refractivity contribution >= 4 is 15.9 Å². The summed E-state index contributed by atoms with van der Waals surface area (Å²) in [5, 5.41) is 2.99. The van der Waals surface area contributed by atoms with Crippen LogP contribution in [-0.4, -0.2) is 36.8 Å². The highest BCUT2D eigenvalue weighted by atomic mass is 32.2. The van der Waals surface area contributed by atoms with E-state index in [-0.39, 0.29) is 10.9 Å². The van der Waals surface area contributed by atoms with Crippen LogP contribution in [0.2, 0.25) is 0 Å². The van der Waals surface area contributed by atoms with Gasteiger partial charge in [0.05, 0.1) is 10.6 Å². The molecule has 2 aromatic carbocycles. The first kappa shape index (κ1) is 23.0. The van der Waals surface area contributed by atoms with Crippen LogP contribution in [0.5, 0.6) is 5.75 Å². The van der Waals surface area contributed by atoms with Crippen molar-refractivity contribution in [1.29, 1.82) is 0 Å². The van der Waals surface area contributed by atoms with E-state index in [1.807, 2.05) is 24.3 Å². The Morgan fingerprint density at radius 1 is 1.09 bits per heavy atom. The van der Waals surface area contributed by atoms with Gasteiger partial charge in [0.15, 0.2) is 9.84 Å². The van der Waals surface area contributed by atoms with Crippen molar-refractivity contribution < 1.29 is 17.9 Å². The Labute approximate surface area is 194 Å². The predicted molar refractivity (Wildman–Crippen MR) is 127 cm³/mol. The number of sulfone groups is 1. The molecule has 0 saturated heterocycles. The van der Waals surface area contributed by atoms with E-state index in [0.29, 0.717) is 30.5 Å². The van der Waals surface area contributed by atoms with Crippen molar-refractivity contribution in [3.63, 3.8) is 0 Å². The van der Waals surface area contributed by atoms with Crippen LogP contribution in [0.1, 0.15) is 31.7 Å². The second kappa shape index (κ2) is 9.79. The van der Waals surface area contributed by atoms with Crippen LogP contribution in [0.25, 0.3) is 11.3 Å². The lowest BCUT2D eigenvalue weighted by Crippen LogP contribution is -2.37. The molecule has 1 fully saturated rings. The summed E-state index contributed by atoms with van der Waals surface area (Å²) in [4.78, 5) is 17.0. The van der Waals surface area contributed by atoms with Crippen molar-refractivity contribution in [2.45, 2.75) is 37.7 Å². The summed E-state index contributed by atoms with van der Waals surface area (Å²) in [6, 6.07) is 14.0. The number of carbonyl (C=O) groups excluding carboxylic acids is 1. The summed E-state index contributed by atoms with van der Waals surface area (Å²) in [6.07, 6.45) is 8.07. The molecule has 174 valence electrons. The van der Waals surface area contributed by atoms with Crippen LogP contribution in [0.15, 0.2) is 66.0 Å². The van der Waals surface area contributed by atoms with E-state index in [0.717, 1.165) is 17.0 Å². The van der Waals surface area contributed by atoms with Crippen LogP contribution < -0.4 is 10.1 Å². The molecule has 0 aliphatic heterocycles. The van der Waals surface area contributed by atoms with Gasteiger partial charge in [-0.2, -0.15) is 0 Å². The topological polar surface area (TPSA) is 90.3 Å². The minimum atomic E-state index is -3.20. The Morgan fingerprint density at radius 2 is 1.79 bits per heavy atom. The number of hydrogen-bond donors (Lipinski definition) is 1. The SMILES string of the molecule is CCC1CC(CNC(=O)n2cnc(-c3ccc(OCc4ccc(S(C)(=O)=O)cc4)cc3)c2)C1. The number of imidazole rings is 1. The molecule has 0 spiro atoms. The third kappa shape index (κ3) is 5.82. The molecule has 0 bridgehead atoms. The molecule has 7 nitrogen and oxygen atoms in total. The van der Waals surface area contributed by atoms with Crippen molar-refractivity contribution in [2.24, 2.45) is 11.8 Å². The van der Waals surface area contributed by atoms with Crippen LogP contribution >= 0.6 is 0 Å². The molecule has 1 N–H and O–H groups in total. The van der Waals surface area contributed by atoms with Gasteiger partial charge in [-0.15, -0.1) is 0 Å². The maximum atomic E-state index is 12.4. The monoisotopic (exact) mass is 467 g/mol. The number of carbonyl (C=O) groups is 1. The van der Waals surface area contributed by atoms with Gasteiger partial charge in [0.1, 0.15) is 18.7 Å². The third-order valence-corrected chi connectivity index (χ3v) is 7.31. The zero-order valence-electron chi connectivity index (χ0n) is 18.9. The number of hydrogen-bond acceptors (Lipinski definition) is 5. The molecule has 1 aromatic heterocycles. The fourth-order valence-corrected chi connectivity index (χ4v) is 4.63. The highest BCUT2D eigenvalue weighted by Gasteiger charge is 2.27. The predicted octanol–water partition coefficient (Wildman–Crippen LogP) is 4.53. The van der Waals surface area contributed by atoms with E-state index in [9.17, 15) is 13.2 Å². The van der Waals surface area contributed by atoms with E-state index in [4.69, 9.17) is 4.74 Å². The number of benzene rings is 2. The van der Waals surface area contributed by atoms with E-state index in [1.165, 1.54) is 36.4 Å². The first-order valence-electron chi connectivity index (χ1n) is 11.2. The van der Waals surface area contributed by atoms with Gasteiger partial charge in [0.2, 0.25) is 0 Å². The fourth-order valence-electron chi connectivity index (χ4n) is 4.00. The normalized spacial score (nSPS) is 17.9. The van der Waals surface area contributed by atoms with Crippen LogP contribution in [0.4, 0.5) is 4.79 Å². The average Bonchev–Trinajstić information content (AvgIpc) is 3.27. The minimum absolute atomic E-state index is 0.157. The smallest absolute Gasteiger partial charge is 0.326 e. The molecule has 1 aliphatic carbocycles. The van der Waals surface area contributed by atoms with Crippen molar-refractivity contribution in [2.75, 3.05) is 12.8 Å². The van der Waals surface area contributed by atoms with Gasteiger partial charge in [-0.25, -0.2) is 18.2 Å². The molecule has 1 amide bonds. The second-order valence-corrected chi connectivity index (χ2v) is 10.7. The molecule has 8 heteroatoms. The van der Waals surface area contributed by atoms with E-state index in [2.05, 4.69) is 17.2 Å². The summed E-state index contributed by atoms with van der Waals surface area (Å²) in [5.74, 6) is 2.10. The fraction of sp³-hybridized carbons (Fsp3) is 0.360. The van der Waals surface area contributed by atoms with E-state index < -0.39 is 9.84 Å². The molecule has 0 atom stereocenters. The van der Waals surface area contributed by atoms with Crippen LogP contribution in [0.3, 0.4) is 0 Å². The molecule has 3 aromatic rings. The number of amides is 1. The van der Waals surface area contributed by atoms with Gasteiger partial charge in [-0.3, -0.25) is 4.57 Å². The number of ether oxygens (including phenoxy) is 1. The van der Waals surface area contributed by atoms with Crippen molar-refractivity contribution in [3.05, 3.63) is 66.6 Å². The van der Waals surface area contributed by atoms with Gasteiger partial charge >= 0.3 is 6.03 Å². The third-order valence-electron chi connectivity index (χ3n) is 6.18. The minimum Gasteiger partial charge on any atom is -0.489 e. The quantitative estimate of drug-likeness (QED) is 0.526. The number of aromatic nitrogens is 2. The summed E-state index contributed by atoms with van der Waals surface area (Å²) in [6.45, 7) is 3.26. The Bertz CT molecular complexity index is 1200. The summed E-state index contributed by atoms with van der Waals surface area (Å²) < 4.78 is 30.4. The van der Waals surface area contributed by atoms with Crippen LogP contribution in [-0.2, 0) is 16.4 Å². The molecular weight excluding hydrogens is 438 g/mol. The Morgan fingerprint density at radius 3 is 2.42 bits per heavy atom. The molecule has 0 unspecified atom stereocenters. The summed E-state index contributed by atoms with van der Waals surface area (Å²) in [5.41, 5.74) is 2.47. The summed E-state index contributed by atoms with van der Waals surface area (Å²) >= 11 is 0. The lowest BCUT2D eigenvalue weighted by atomic mass is 9.73. The zero-order chi connectivity index (χ0) is 23.4. The van der Waals surface area contributed by atoms with Gasteiger partial charge < -0.3 is 10.1 Å². The molecule has 0 radical (unpaired) electrons. The van der Waals surface area contributed by atoms with Crippen molar-refractivity contribution in [1.82, 2.24) is 14.9 Å². The van der Waals surface area contributed by atoms with E-state index in [1.54, 1.807) is 30.5 Å². The zero-order valence-corrected chi connectivity index (χ0v) is 19.7. The number of rotatable bonds is 8. The van der Waals surface area contributed by atoms with Crippen LogP contribution in [0, 0.1) is 11.8 Å². The maximum Gasteiger partial charge on any atom is 0.326 e. The highest BCUT2D eigenvalue weighted by molar-refractivity contribution is 7.90. The Hall–Kier alpha value is -3.13. The highest BCUT2D eigenvalue weighted by Crippen LogP contribution is 2.35. The van der Waals surface area contributed by atoms with Gasteiger partial charge in [-0.05, 0) is 66.6 Å². The van der Waals surface area contributed by atoms with Crippen molar-refractivity contribution in [3.8, 4) is 17.0 Å². The van der Waals surface area contributed by atoms with E-state index >= 15 is 0 Å². The second-order valence-electron chi connectivity index (χ2n) is 8.69. The van der Waals surface area contributed by atoms with Gasteiger partial charge in [-0.1, -0.05) is 25.5 Å². The maximum absolute atomic E-state index is 12.4. The number of nitrogens with one attached hydrogen (secondary N) is 1. The van der Waals surface area contributed by atoms with Gasteiger partial charge in [0, 0.05) is 24.6 Å². The Kier molecular flexibility index (Phi) is 6.83. The number of nitrogens with zero attached hydrogens (tertiary/aromatic N) is 2. The molecule has 33 heavy (non-hydrogen) atoms. The summed E-state index contributed by atoms with van der Waals surface area (Å²) in [7, 11) is -3.20.